The van der Waals surface area contributed by atoms with Gasteiger partial charge in [0.2, 0.25) is 5.82 Å². The largest absolute Gasteiger partial charge is 0.506 e. The Kier molecular flexibility index (Phi) is 3.53. The number of methoxy groups -OCH3 is 1. The summed E-state index contributed by atoms with van der Waals surface area (Å²) in [7, 11) is 1.71. The van der Waals surface area contributed by atoms with E-state index >= 15 is 0 Å². The van der Waals surface area contributed by atoms with Gasteiger partial charge in [0.25, 0.3) is 5.89 Å². The second kappa shape index (κ2) is 5.10. The smallest absolute Gasteiger partial charge is 0.271 e. The van der Waals surface area contributed by atoms with E-state index in [4.69, 9.17) is 9.26 Å². The van der Waals surface area contributed by atoms with Gasteiger partial charge in [0.05, 0.1) is 0 Å². The van der Waals surface area contributed by atoms with Crippen LogP contribution in [0.4, 0.5) is 0 Å². The average molecular weight is 308 g/mol. The van der Waals surface area contributed by atoms with E-state index in [0.29, 0.717) is 22.0 Å². The Balaban J connectivity index is 1.89. The van der Waals surface area contributed by atoms with Gasteiger partial charge in [-0.15, -0.1) is 11.3 Å². The first-order chi connectivity index (χ1) is 9.96. The summed E-state index contributed by atoms with van der Waals surface area (Å²) in [5.41, 5.74) is -0.134. The summed E-state index contributed by atoms with van der Waals surface area (Å²) >= 11 is 1.38. The van der Waals surface area contributed by atoms with Gasteiger partial charge in [-0.3, -0.25) is 0 Å². The van der Waals surface area contributed by atoms with Crippen molar-refractivity contribution in [2.24, 2.45) is 5.41 Å². The van der Waals surface area contributed by atoms with Gasteiger partial charge >= 0.3 is 0 Å². The molecule has 0 amide bonds. The molecule has 0 aromatic carbocycles. The fourth-order valence-corrected chi connectivity index (χ4v) is 3.52. The normalized spacial score (nSPS) is 20.5. The number of aromatic hydroxyl groups is 1. The molecule has 6 heteroatoms. The standard InChI is InChI=1S/C15H20N2O3S/c1-14(2)5-7-15(19-3,8-6-14)13-16-12(20-17-13)11-10(18)4-9-21-11/h4,9,18H,5-8H2,1-3H3. The van der Waals surface area contributed by atoms with Gasteiger partial charge in [-0.25, -0.2) is 0 Å². The lowest BCUT2D eigenvalue weighted by Gasteiger charge is -2.40. The number of aromatic nitrogens is 2. The van der Waals surface area contributed by atoms with Crippen LogP contribution in [0.15, 0.2) is 16.0 Å². The Morgan fingerprint density at radius 1 is 1.29 bits per heavy atom. The summed E-state index contributed by atoms with van der Waals surface area (Å²) < 4.78 is 11.1. The van der Waals surface area contributed by atoms with Crippen molar-refractivity contribution in [2.75, 3.05) is 7.11 Å². The van der Waals surface area contributed by atoms with Crippen molar-refractivity contribution in [1.29, 1.82) is 0 Å². The van der Waals surface area contributed by atoms with E-state index in [1.807, 2.05) is 0 Å². The topological polar surface area (TPSA) is 68.4 Å². The average Bonchev–Trinajstić information content (AvgIpc) is 3.08. The van der Waals surface area contributed by atoms with Crippen molar-refractivity contribution in [3.63, 3.8) is 0 Å². The summed E-state index contributed by atoms with van der Waals surface area (Å²) in [6.45, 7) is 4.55. The van der Waals surface area contributed by atoms with E-state index in [1.165, 1.54) is 11.3 Å². The highest BCUT2D eigenvalue weighted by Gasteiger charge is 2.43. The number of ether oxygens (including phenoxy) is 1. The maximum atomic E-state index is 9.76. The van der Waals surface area contributed by atoms with Gasteiger partial charge < -0.3 is 14.4 Å². The van der Waals surface area contributed by atoms with Crippen molar-refractivity contribution < 1.29 is 14.4 Å². The van der Waals surface area contributed by atoms with Crippen LogP contribution in [-0.4, -0.2) is 22.4 Å². The monoisotopic (exact) mass is 308 g/mol. The van der Waals surface area contributed by atoms with Gasteiger partial charge in [0, 0.05) is 7.11 Å². The second-order valence-corrected chi connectivity index (χ2v) is 7.34. The van der Waals surface area contributed by atoms with E-state index in [2.05, 4.69) is 24.0 Å². The maximum Gasteiger partial charge on any atom is 0.271 e. The van der Waals surface area contributed by atoms with E-state index in [0.717, 1.165) is 25.7 Å². The lowest BCUT2D eigenvalue weighted by atomic mass is 9.70. The first-order valence-electron chi connectivity index (χ1n) is 7.12. The Morgan fingerprint density at radius 3 is 2.57 bits per heavy atom. The molecular weight excluding hydrogens is 288 g/mol. The van der Waals surface area contributed by atoms with Crippen LogP contribution in [0.5, 0.6) is 5.75 Å². The quantitative estimate of drug-likeness (QED) is 0.930. The number of thiophene rings is 1. The van der Waals surface area contributed by atoms with Crippen LogP contribution in [0.3, 0.4) is 0 Å². The first-order valence-corrected chi connectivity index (χ1v) is 8.00. The molecule has 0 radical (unpaired) electrons. The summed E-state index contributed by atoms with van der Waals surface area (Å²) in [5.74, 6) is 1.12. The molecule has 0 bridgehead atoms. The van der Waals surface area contributed by atoms with Crippen LogP contribution in [0.2, 0.25) is 0 Å². The molecule has 2 aromatic rings. The molecule has 3 rings (SSSR count). The molecule has 0 unspecified atom stereocenters. The third-order valence-electron chi connectivity index (χ3n) is 4.47. The first kappa shape index (κ1) is 14.5. The lowest BCUT2D eigenvalue weighted by molar-refractivity contribution is -0.0740. The predicted octanol–water partition coefficient (Wildman–Crippen LogP) is 3.95. The van der Waals surface area contributed by atoms with Gasteiger partial charge in [-0.1, -0.05) is 19.0 Å². The third-order valence-corrected chi connectivity index (χ3v) is 5.37. The molecule has 1 saturated carbocycles. The minimum absolute atomic E-state index is 0.173. The summed E-state index contributed by atoms with van der Waals surface area (Å²) in [6.07, 6.45) is 3.89. The Hall–Kier alpha value is -1.40. The lowest BCUT2D eigenvalue weighted by Crippen LogP contribution is -2.37. The number of hydrogen-bond acceptors (Lipinski definition) is 6. The summed E-state index contributed by atoms with van der Waals surface area (Å²) in [5, 5.41) is 15.7. The molecule has 0 spiro atoms. The molecule has 114 valence electrons. The van der Waals surface area contributed by atoms with Crippen LogP contribution in [0.1, 0.15) is 45.4 Å². The molecule has 2 aromatic heterocycles. The van der Waals surface area contributed by atoms with Crippen molar-refractivity contribution >= 4 is 11.3 Å². The molecule has 0 aliphatic heterocycles. The van der Waals surface area contributed by atoms with Crippen molar-refractivity contribution in [3.05, 3.63) is 17.3 Å². The Morgan fingerprint density at radius 2 is 2.00 bits per heavy atom. The van der Waals surface area contributed by atoms with E-state index < -0.39 is 5.60 Å². The highest BCUT2D eigenvalue weighted by Crippen LogP contribution is 2.46. The Bertz CT molecular complexity index is 622. The Labute approximate surface area is 128 Å². The van der Waals surface area contributed by atoms with Crippen LogP contribution in [0.25, 0.3) is 10.8 Å². The number of hydrogen-bond donors (Lipinski definition) is 1. The zero-order valence-corrected chi connectivity index (χ0v) is 13.4. The highest BCUT2D eigenvalue weighted by atomic mass is 32.1. The molecule has 0 atom stereocenters. The minimum atomic E-state index is -0.468. The van der Waals surface area contributed by atoms with Crippen LogP contribution < -0.4 is 0 Å². The molecule has 0 saturated heterocycles. The molecule has 1 aliphatic rings. The molecule has 1 aliphatic carbocycles. The van der Waals surface area contributed by atoms with Crippen LogP contribution >= 0.6 is 11.3 Å². The second-order valence-electron chi connectivity index (χ2n) is 6.42. The van der Waals surface area contributed by atoms with Gasteiger partial charge in [-0.05, 0) is 42.5 Å². The van der Waals surface area contributed by atoms with E-state index in [1.54, 1.807) is 18.6 Å². The van der Waals surface area contributed by atoms with E-state index in [9.17, 15) is 5.11 Å². The summed E-state index contributed by atoms with van der Waals surface area (Å²) in [4.78, 5) is 5.08. The van der Waals surface area contributed by atoms with Crippen molar-refractivity contribution in [3.8, 4) is 16.5 Å². The SMILES string of the molecule is COC1(c2noc(-c3sccc3O)n2)CCC(C)(C)CC1. The van der Waals surface area contributed by atoms with Crippen molar-refractivity contribution in [2.45, 2.75) is 45.1 Å². The molecule has 2 heterocycles. The zero-order chi connectivity index (χ0) is 15.1. The molecule has 1 fully saturated rings. The maximum absolute atomic E-state index is 9.76. The van der Waals surface area contributed by atoms with Crippen LogP contribution in [-0.2, 0) is 10.3 Å². The molecule has 21 heavy (non-hydrogen) atoms. The predicted molar refractivity (Wildman–Crippen MR) is 80.2 cm³/mol. The molecule has 5 nitrogen and oxygen atoms in total. The fraction of sp³-hybridized carbons (Fsp3) is 0.600. The van der Waals surface area contributed by atoms with Crippen LogP contribution in [0, 0.1) is 5.41 Å². The van der Waals surface area contributed by atoms with E-state index in [-0.39, 0.29) is 5.75 Å². The number of rotatable bonds is 3. The third kappa shape index (κ3) is 2.58. The minimum Gasteiger partial charge on any atom is -0.506 e. The van der Waals surface area contributed by atoms with Gasteiger partial charge in [0.15, 0.2) is 0 Å². The molecule has 1 N–H and O–H groups in total. The van der Waals surface area contributed by atoms with Gasteiger partial charge in [0.1, 0.15) is 16.2 Å². The van der Waals surface area contributed by atoms with Gasteiger partial charge in [-0.2, -0.15) is 4.98 Å². The molecular formula is C15H20N2O3S. The highest BCUT2D eigenvalue weighted by molar-refractivity contribution is 7.13. The number of nitrogens with zero attached hydrogens (tertiary/aromatic N) is 2. The summed E-state index contributed by atoms with van der Waals surface area (Å²) in [6, 6.07) is 1.62. The van der Waals surface area contributed by atoms with Crippen molar-refractivity contribution in [1.82, 2.24) is 10.1 Å². The fourth-order valence-electron chi connectivity index (χ4n) is 2.81. The zero-order valence-electron chi connectivity index (χ0n) is 12.5.